The van der Waals surface area contributed by atoms with Gasteiger partial charge in [0.15, 0.2) is 0 Å². The molecule has 0 unspecified atom stereocenters. The van der Waals surface area contributed by atoms with Crippen LogP contribution in [0.3, 0.4) is 0 Å². The van der Waals surface area contributed by atoms with Gasteiger partial charge in [0, 0.05) is 12.8 Å². The Morgan fingerprint density at radius 1 is 0.553 bits per heavy atom. The van der Waals surface area contributed by atoms with Gasteiger partial charge in [-0.25, -0.2) is 0 Å². The lowest BCUT2D eigenvalue weighted by atomic mass is 9.74. The minimum absolute atomic E-state index is 0.546. The highest BCUT2D eigenvalue weighted by Crippen LogP contribution is 2.40. The Morgan fingerprint density at radius 2 is 0.921 bits per heavy atom. The van der Waals surface area contributed by atoms with Gasteiger partial charge >= 0.3 is 0 Å². The zero-order chi connectivity index (χ0) is 26.6. The molecule has 0 N–H and O–H groups in total. The average molecular weight is 515 g/mol. The van der Waals surface area contributed by atoms with Crippen LogP contribution < -0.4 is 0 Å². The fourth-order valence-corrected chi connectivity index (χ4v) is 7.20. The lowest BCUT2D eigenvalue weighted by molar-refractivity contribution is -0.121. The lowest BCUT2D eigenvalue weighted by Gasteiger charge is -2.30. The van der Waals surface area contributed by atoms with Gasteiger partial charge in [-0.1, -0.05) is 88.1 Å². The Bertz CT molecular complexity index is 846. The Kier molecular flexibility index (Phi) is 12.0. The van der Waals surface area contributed by atoms with Crippen LogP contribution in [-0.4, -0.2) is 5.78 Å². The number of rotatable bonds is 14. The number of aryl methyl sites for hydroxylation is 2. The van der Waals surface area contributed by atoms with Crippen molar-refractivity contribution < 1.29 is 4.79 Å². The molecular weight excluding hydrogens is 460 g/mol. The normalized spacial score (nSPS) is 23.8. The number of carbonyl (C=O) groups is 1. The Labute approximate surface area is 234 Å². The maximum Gasteiger partial charge on any atom is 0.133 e. The van der Waals surface area contributed by atoms with E-state index < -0.39 is 0 Å². The molecular formula is C37H54O. The number of unbranched alkanes of at least 4 members (excludes halogenated alkanes) is 4. The molecule has 4 rings (SSSR count). The summed E-state index contributed by atoms with van der Waals surface area (Å²) in [6.07, 6.45) is 21.9. The Hall–Kier alpha value is -1.89. The summed E-state index contributed by atoms with van der Waals surface area (Å²) in [5.74, 6) is 3.20. The molecule has 0 radical (unpaired) electrons. The van der Waals surface area contributed by atoms with Crippen LogP contribution in [0.25, 0.3) is 0 Å². The van der Waals surface area contributed by atoms with Gasteiger partial charge < -0.3 is 0 Å². The molecule has 2 fully saturated rings. The van der Waals surface area contributed by atoms with Crippen LogP contribution in [0.15, 0.2) is 48.5 Å². The zero-order valence-corrected chi connectivity index (χ0v) is 24.6. The Morgan fingerprint density at radius 3 is 1.26 bits per heavy atom. The predicted molar refractivity (Wildman–Crippen MR) is 163 cm³/mol. The van der Waals surface area contributed by atoms with E-state index in [4.69, 9.17) is 0 Å². The van der Waals surface area contributed by atoms with Crippen molar-refractivity contribution in [2.75, 3.05) is 0 Å². The molecule has 2 aliphatic rings. The third-order valence-electron chi connectivity index (χ3n) is 9.77. The number of carbonyl (C=O) groups excluding carboxylic acids is 1. The summed E-state index contributed by atoms with van der Waals surface area (Å²) in [4.78, 5) is 13.0. The van der Waals surface area contributed by atoms with Crippen molar-refractivity contribution in [2.24, 2.45) is 11.8 Å². The van der Waals surface area contributed by atoms with Crippen LogP contribution in [0.4, 0.5) is 0 Å². The second kappa shape index (κ2) is 15.6. The zero-order valence-electron chi connectivity index (χ0n) is 24.6. The van der Waals surface area contributed by atoms with Crippen LogP contribution in [0.2, 0.25) is 0 Å². The van der Waals surface area contributed by atoms with Crippen LogP contribution in [0.5, 0.6) is 0 Å². The van der Waals surface area contributed by atoms with E-state index in [0.29, 0.717) is 29.5 Å². The van der Waals surface area contributed by atoms with Gasteiger partial charge in [0.25, 0.3) is 0 Å². The molecule has 208 valence electrons. The molecule has 2 saturated carbocycles. The van der Waals surface area contributed by atoms with Gasteiger partial charge in [0.1, 0.15) is 5.78 Å². The molecule has 0 bridgehead atoms. The van der Waals surface area contributed by atoms with Crippen LogP contribution in [0.1, 0.15) is 151 Å². The van der Waals surface area contributed by atoms with Crippen LogP contribution in [0, 0.1) is 11.8 Å². The summed E-state index contributed by atoms with van der Waals surface area (Å²) in [5, 5.41) is 0. The number of hydrogen-bond acceptors (Lipinski definition) is 1. The summed E-state index contributed by atoms with van der Waals surface area (Å²) in [6.45, 7) is 4.54. The molecule has 0 aliphatic heterocycles. The molecule has 0 spiro atoms. The van der Waals surface area contributed by atoms with Crippen LogP contribution >= 0.6 is 0 Å². The molecule has 0 heterocycles. The summed E-state index contributed by atoms with van der Waals surface area (Å²) < 4.78 is 0. The van der Waals surface area contributed by atoms with E-state index in [1.165, 1.54) is 125 Å². The standard InChI is InChI=1S/C37H54O/c1-3-5-7-9-29-11-19-33(20-12-29)35-23-15-31(16-24-35)27-37(38)28-32-17-25-36(26-18-32)34-21-13-30(14-22-34)10-8-6-4-2/h11-14,19-22,31-32,35-36H,3-10,15-18,23-28H2,1-2H3. The second-order valence-electron chi connectivity index (χ2n) is 12.8. The maximum atomic E-state index is 13.0. The largest absolute Gasteiger partial charge is 0.300 e. The van der Waals surface area contributed by atoms with Crippen molar-refractivity contribution in [3.63, 3.8) is 0 Å². The molecule has 38 heavy (non-hydrogen) atoms. The van der Waals surface area contributed by atoms with Gasteiger partial charge in [0.05, 0.1) is 0 Å². The van der Waals surface area contributed by atoms with Crippen molar-refractivity contribution in [3.8, 4) is 0 Å². The van der Waals surface area contributed by atoms with E-state index in [2.05, 4.69) is 62.4 Å². The number of hydrogen-bond donors (Lipinski definition) is 0. The summed E-state index contributed by atoms with van der Waals surface area (Å²) in [5.41, 5.74) is 6.03. The lowest BCUT2D eigenvalue weighted by Crippen LogP contribution is -2.20. The SMILES string of the molecule is CCCCCc1ccc(C2CCC(CC(=O)CC3CCC(c4ccc(CCCCC)cc4)CC3)CC2)cc1. The van der Waals surface area contributed by atoms with E-state index in [-0.39, 0.29) is 0 Å². The van der Waals surface area contributed by atoms with Crippen molar-refractivity contribution in [2.45, 2.75) is 141 Å². The molecule has 1 heteroatoms. The van der Waals surface area contributed by atoms with Crippen molar-refractivity contribution in [3.05, 3.63) is 70.8 Å². The Balaban J connectivity index is 1.12. The van der Waals surface area contributed by atoms with E-state index >= 15 is 0 Å². The minimum atomic E-state index is 0.546. The quantitative estimate of drug-likeness (QED) is 0.229. The van der Waals surface area contributed by atoms with Gasteiger partial charge in [-0.3, -0.25) is 4.79 Å². The second-order valence-corrected chi connectivity index (χ2v) is 12.8. The van der Waals surface area contributed by atoms with Crippen LogP contribution in [-0.2, 0) is 17.6 Å². The summed E-state index contributed by atoms with van der Waals surface area (Å²) >= 11 is 0. The third kappa shape index (κ3) is 9.10. The van der Waals surface area contributed by atoms with E-state index in [0.717, 1.165) is 12.8 Å². The first kappa shape index (κ1) is 29.1. The third-order valence-corrected chi connectivity index (χ3v) is 9.77. The van der Waals surface area contributed by atoms with E-state index in [1.807, 2.05) is 0 Å². The average Bonchev–Trinajstić information content (AvgIpc) is 2.95. The predicted octanol–water partition coefficient (Wildman–Crippen LogP) is 10.7. The topological polar surface area (TPSA) is 17.1 Å². The molecule has 1 nitrogen and oxygen atoms in total. The van der Waals surface area contributed by atoms with Crippen molar-refractivity contribution in [1.29, 1.82) is 0 Å². The van der Waals surface area contributed by atoms with Gasteiger partial charge in [0.2, 0.25) is 0 Å². The monoisotopic (exact) mass is 514 g/mol. The minimum Gasteiger partial charge on any atom is -0.300 e. The highest BCUT2D eigenvalue weighted by Gasteiger charge is 2.27. The highest BCUT2D eigenvalue weighted by molar-refractivity contribution is 5.78. The first-order valence-corrected chi connectivity index (χ1v) is 16.3. The summed E-state index contributed by atoms with van der Waals surface area (Å²) in [7, 11) is 0. The van der Waals surface area contributed by atoms with E-state index in [1.54, 1.807) is 0 Å². The number of ketones is 1. The van der Waals surface area contributed by atoms with Gasteiger partial charge in [-0.2, -0.15) is 0 Å². The van der Waals surface area contributed by atoms with Gasteiger partial charge in [-0.15, -0.1) is 0 Å². The molecule has 2 aromatic rings. The molecule has 0 aromatic heterocycles. The number of benzene rings is 2. The van der Waals surface area contributed by atoms with E-state index in [9.17, 15) is 4.79 Å². The fourth-order valence-electron chi connectivity index (χ4n) is 7.20. The first-order chi connectivity index (χ1) is 18.6. The molecule has 0 atom stereocenters. The van der Waals surface area contributed by atoms with Gasteiger partial charge in [-0.05, 0) is 123 Å². The molecule has 0 saturated heterocycles. The first-order valence-electron chi connectivity index (χ1n) is 16.3. The number of Topliss-reactive ketones (excluding diaryl/α,β-unsaturated/α-hetero) is 1. The van der Waals surface area contributed by atoms with Crippen molar-refractivity contribution in [1.82, 2.24) is 0 Å². The molecule has 0 amide bonds. The highest BCUT2D eigenvalue weighted by atomic mass is 16.1. The molecule has 2 aliphatic carbocycles. The smallest absolute Gasteiger partial charge is 0.133 e. The molecule has 2 aromatic carbocycles. The fraction of sp³-hybridized carbons (Fsp3) is 0.649. The maximum absolute atomic E-state index is 13.0. The summed E-state index contributed by atoms with van der Waals surface area (Å²) in [6, 6.07) is 19.0. The van der Waals surface area contributed by atoms with Crippen molar-refractivity contribution >= 4 is 5.78 Å².